The van der Waals surface area contributed by atoms with Crippen LogP contribution in [0.1, 0.15) is 20.3 Å². The molecule has 0 aliphatic carbocycles. The third kappa shape index (κ3) is 5.07. The minimum Gasteiger partial charge on any atom is -0.502 e. The number of carbonyl (C=O) groups excluding carboxylic acids is 1. The summed E-state index contributed by atoms with van der Waals surface area (Å²) in [5.41, 5.74) is 0.965. The first-order valence-electron chi connectivity index (χ1n) is 3.02. The molecule has 9 heavy (non-hydrogen) atoms. The highest BCUT2D eigenvalue weighted by Gasteiger charge is 1.84. The second-order valence-corrected chi connectivity index (χ2v) is 1.79. The Hall–Kier alpha value is -0.790. The van der Waals surface area contributed by atoms with Gasteiger partial charge in [-0.05, 0) is 19.4 Å². The topological polar surface area (TPSA) is 26.3 Å². The Bertz CT molecular complexity index is 105. The van der Waals surface area contributed by atoms with Crippen LogP contribution in [0, 0.1) is 0 Å². The molecular formula is C7H12O2. The molecule has 2 heteroatoms. The molecule has 0 spiro atoms. The van der Waals surface area contributed by atoms with E-state index in [4.69, 9.17) is 4.74 Å². The lowest BCUT2D eigenvalue weighted by Gasteiger charge is -1.94. The van der Waals surface area contributed by atoms with E-state index in [-0.39, 0.29) is 0 Å². The second kappa shape index (κ2) is 5.35. The van der Waals surface area contributed by atoms with Crippen LogP contribution >= 0.6 is 0 Å². The molecule has 0 aromatic carbocycles. The summed E-state index contributed by atoms with van der Waals surface area (Å²) in [4.78, 5) is 9.88. The molecule has 0 fully saturated rings. The molecule has 0 bridgehead atoms. The summed E-state index contributed by atoms with van der Waals surface area (Å²) >= 11 is 0. The van der Waals surface area contributed by atoms with E-state index in [1.165, 1.54) is 0 Å². The van der Waals surface area contributed by atoms with Crippen LogP contribution in [-0.4, -0.2) is 12.9 Å². The maximum Gasteiger partial charge on any atom is 0.124 e. The Balaban J connectivity index is 3.42. The third-order valence-electron chi connectivity index (χ3n) is 0.856. The SMILES string of the molecule is CCO/C=C(\C)CC=O. The van der Waals surface area contributed by atoms with Gasteiger partial charge in [-0.3, -0.25) is 0 Å². The first kappa shape index (κ1) is 8.21. The molecule has 0 aliphatic heterocycles. The van der Waals surface area contributed by atoms with Crippen molar-refractivity contribution in [3.63, 3.8) is 0 Å². The molecular weight excluding hydrogens is 116 g/mol. The monoisotopic (exact) mass is 128 g/mol. The molecule has 0 saturated heterocycles. The van der Waals surface area contributed by atoms with Gasteiger partial charge in [0.15, 0.2) is 0 Å². The van der Waals surface area contributed by atoms with Crippen molar-refractivity contribution in [3.05, 3.63) is 11.8 Å². The molecule has 0 aromatic heterocycles. The van der Waals surface area contributed by atoms with Gasteiger partial charge in [0, 0.05) is 6.42 Å². The quantitative estimate of drug-likeness (QED) is 0.424. The van der Waals surface area contributed by atoms with Gasteiger partial charge < -0.3 is 9.53 Å². The predicted molar refractivity (Wildman–Crippen MR) is 36.1 cm³/mol. The van der Waals surface area contributed by atoms with Gasteiger partial charge in [0.1, 0.15) is 6.29 Å². The maximum absolute atomic E-state index is 9.88. The van der Waals surface area contributed by atoms with Crippen molar-refractivity contribution in [2.24, 2.45) is 0 Å². The fraction of sp³-hybridized carbons (Fsp3) is 0.571. The van der Waals surface area contributed by atoms with E-state index in [1.54, 1.807) is 6.26 Å². The fourth-order valence-corrected chi connectivity index (χ4v) is 0.405. The van der Waals surface area contributed by atoms with E-state index in [0.717, 1.165) is 11.9 Å². The van der Waals surface area contributed by atoms with Gasteiger partial charge in [-0.2, -0.15) is 0 Å². The molecule has 0 amide bonds. The lowest BCUT2D eigenvalue weighted by atomic mass is 10.3. The van der Waals surface area contributed by atoms with Gasteiger partial charge in [-0.25, -0.2) is 0 Å². The Morgan fingerprint density at radius 1 is 1.67 bits per heavy atom. The lowest BCUT2D eigenvalue weighted by molar-refractivity contribution is -0.107. The van der Waals surface area contributed by atoms with Crippen LogP contribution in [0.25, 0.3) is 0 Å². The van der Waals surface area contributed by atoms with Crippen molar-refractivity contribution in [2.75, 3.05) is 6.61 Å². The van der Waals surface area contributed by atoms with E-state index in [0.29, 0.717) is 13.0 Å². The van der Waals surface area contributed by atoms with Gasteiger partial charge in [0.05, 0.1) is 12.9 Å². The summed E-state index contributed by atoms with van der Waals surface area (Å²) in [6.07, 6.45) is 2.96. The van der Waals surface area contributed by atoms with Gasteiger partial charge in [0.25, 0.3) is 0 Å². The van der Waals surface area contributed by atoms with Crippen LogP contribution in [0.15, 0.2) is 11.8 Å². The number of hydrogen-bond acceptors (Lipinski definition) is 2. The van der Waals surface area contributed by atoms with Crippen LogP contribution in [0.3, 0.4) is 0 Å². The summed E-state index contributed by atoms with van der Waals surface area (Å²) in [5, 5.41) is 0. The van der Waals surface area contributed by atoms with Crippen molar-refractivity contribution >= 4 is 6.29 Å². The normalized spacial score (nSPS) is 11.1. The molecule has 0 aliphatic rings. The molecule has 2 nitrogen and oxygen atoms in total. The zero-order chi connectivity index (χ0) is 7.11. The summed E-state index contributed by atoms with van der Waals surface area (Å²) < 4.78 is 4.93. The molecule has 0 aromatic rings. The van der Waals surface area contributed by atoms with Gasteiger partial charge in [0.2, 0.25) is 0 Å². The largest absolute Gasteiger partial charge is 0.502 e. The molecule has 0 radical (unpaired) electrons. The van der Waals surface area contributed by atoms with Crippen LogP contribution in [0.4, 0.5) is 0 Å². The minimum atomic E-state index is 0.472. The summed E-state index contributed by atoms with van der Waals surface area (Å²) in [5.74, 6) is 0. The summed E-state index contributed by atoms with van der Waals surface area (Å²) in [6.45, 7) is 4.44. The molecule has 0 rings (SSSR count). The maximum atomic E-state index is 9.88. The number of hydrogen-bond donors (Lipinski definition) is 0. The Morgan fingerprint density at radius 3 is 2.78 bits per heavy atom. The molecule has 52 valence electrons. The molecule has 0 heterocycles. The van der Waals surface area contributed by atoms with E-state index < -0.39 is 0 Å². The van der Waals surface area contributed by atoms with Crippen LogP contribution in [-0.2, 0) is 9.53 Å². The lowest BCUT2D eigenvalue weighted by Crippen LogP contribution is -1.82. The van der Waals surface area contributed by atoms with Crippen LogP contribution in [0.5, 0.6) is 0 Å². The first-order chi connectivity index (χ1) is 4.31. The van der Waals surface area contributed by atoms with Gasteiger partial charge >= 0.3 is 0 Å². The van der Waals surface area contributed by atoms with Gasteiger partial charge in [-0.1, -0.05) is 0 Å². The highest BCUT2D eigenvalue weighted by Crippen LogP contribution is 1.95. The van der Waals surface area contributed by atoms with Crippen LogP contribution < -0.4 is 0 Å². The molecule has 0 unspecified atom stereocenters. The van der Waals surface area contributed by atoms with Crippen molar-refractivity contribution < 1.29 is 9.53 Å². The second-order valence-electron chi connectivity index (χ2n) is 1.79. The van der Waals surface area contributed by atoms with Crippen LogP contribution in [0.2, 0.25) is 0 Å². The van der Waals surface area contributed by atoms with E-state index >= 15 is 0 Å². The highest BCUT2D eigenvalue weighted by molar-refractivity contribution is 5.53. The molecule has 0 N–H and O–H groups in total. The van der Waals surface area contributed by atoms with E-state index in [1.807, 2.05) is 13.8 Å². The fourth-order valence-electron chi connectivity index (χ4n) is 0.405. The number of aldehydes is 1. The van der Waals surface area contributed by atoms with Crippen molar-refractivity contribution in [1.29, 1.82) is 0 Å². The average molecular weight is 128 g/mol. The van der Waals surface area contributed by atoms with Gasteiger partial charge in [-0.15, -0.1) is 0 Å². The standard InChI is InChI=1S/C7H12O2/c1-3-9-6-7(2)4-5-8/h5-6H,3-4H2,1-2H3/b7-6+. The summed E-state index contributed by atoms with van der Waals surface area (Å²) in [7, 11) is 0. The highest BCUT2D eigenvalue weighted by atomic mass is 16.5. The van der Waals surface area contributed by atoms with E-state index in [2.05, 4.69) is 0 Å². The third-order valence-corrected chi connectivity index (χ3v) is 0.856. The zero-order valence-corrected chi connectivity index (χ0v) is 5.89. The minimum absolute atomic E-state index is 0.472. The average Bonchev–Trinajstić information content (AvgIpc) is 1.85. The first-order valence-corrected chi connectivity index (χ1v) is 3.02. The smallest absolute Gasteiger partial charge is 0.124 e. The zero-order valence-electron chi connectivity index (χ0n) is 5.89. The number of carbonyl (C=O) groups is 1. The number of allylic oxidation sites excluding steroid dienone is 1. The Labute approximate surface area is 55.5 Å². The Kier molecular flexibility index (Phi) is 4.88. The Morgan fingerprint density at radius 2 is 2.33 bits per heavy atom. The van der Waals surface area contributed by atoms with Crippen molar-refractivity contribution in [3.8, 4) is 0 Å². The molecule has 0 saturated carbocycles. The summed E-state index contributed by atoms with van der Waals surface area (Å²) in [6, 6.07) is 0. The van der Waals surface area contributed by atoms with E-state index in [9.17, 15) is 4.79 Å². The number of rotatable bonds is 4. The predicted octanol–water partition coefficient (Wildman–Crippen LogP) is 1.52. The molecule has 0 atom stereocenters. The van der Waals surface area contributed by atoms with Crippen molar-refractivity contribution in [2.45, 2.75) is 20.3 Å². The van der Waals surface area contributed by atoms with Crippen molar-refractivity contribution in [1.82, 2.24) is 0 Å². The number of ether oxygens (including phenoxy) is 1.